The van der Waals surface area contributed by atoms with Crippen molar-refractivity contribution in [2.45, 2.75) is 31.1 Å². The Labute approximate surface area is 127 Å². The van der Waals surface area contributed by atoms with E-state index < -0.39 is 10.0 Å². The van der Waals surface area contributed by atoms with Crippen molar-refractivity contribution in [3.05, 3.63) is 32.6 Å². The van der Waals surface area contributed by atoms with Crippen LogP contribution >= 0.6 is 22.7 Å². The van der Waals surface area contributed by atoms with Gasteiger partial charge in [0.2, 0.25) is 0 Å². The molecule has 2 aromatic rings. The third-order valence-electron chi connectivity index (χ3n) is 2.90. The smallest absolute Gasteiger partial charge is 0.252 e. The van der Waals surface area contributed by atoms with Gasteiger partial charge in [-0.2, -0.15) is 4.31 Å². The van der Waals surface area contributed by atoms with Crippen LogP contribution < -0.4 is 5.73 Å². The van der Waals surface area contributed by atoms with Gasteiger partial charge in [0.25, 0.3) is 10.0 Å². The molecule has 0 aliphatic heterocycles. The van der Waals surface area contributed by atoms with Gasteiger partial charge in [-0.1, -0.05) is 0 Å². The molecule has 2 aromatic heterocycles. The molecule has 2 heterocycles. The fraction of sp³-hybridized carbons (Fsp3) is 0.417. The summed E-state index contributed by atoms with van der Waals surface area (Å²) in [6, 6.07) is 1.69. The molecule has 0 spiro atoms. The Bertz CT molecular complexity index is 703. The maximum absolute atomic E-state index is 12.5. The lowest BCUT2D eigenvalue weighted by Gasteiger charge is -2.14. The van der Waals surface area contributed by atoms with Gasteiger partial charge >= 0.3 is 0 Å². The summed E-state index contributed by atoms with van der Waals surface area (Å²) >= 11 is 2.75. The average Bonchev–Trinajstić information content (AvgIpc) is 2.95. The van der Waals surface area contributed by atoms with Gasteiger partial charge in [0.1, 0.15) is 4.21 Å². The van der Waals surface area contributed by atoms with Gasteiger partial charge in [-0.25, -0.2) is 13.4 Å². The lowest BCUT2D eigenvalue weighted by molar-refractivity contribution is 0.464. The Hall–Kier alpha value is -0.800. The van der Waals surface area contributed by atoms with Gasteiger partial charge in [-0.15, -0.1) is 22.7 Å². The first-order valence-corrected chi connectivity index (χ1v) is 9.15. The molecule has 8 heteroatoms. The second kappa shape index (κ2) is 5.90. The van der Waals surface area contributed by atoms with Crippen LogP contribution in [0.5, 0.6) is 0 Å². The van der Waals surface area contributed by atoms with Gasteiger partial charge in [0.15, 0.2) is 0 Å². The van der Waals surface area contributed by atoms with Crippen LogP contribution in [-0.4, -0.2) is 24.8 Å². The SMILES string of the molecule is Cc1nc(CN(C)S(=O)(=O)c2cc(C)c(CN)s2)cs1. The van der Waals surface area contributed by atoms with E-state index >= 15 is 0 Å². The van der Waals surface area contributed by atoms with Gasteiger partial charge in [0, 0.05) is 23.8 Å². The van der Waals surface area contributed by atoms with Crippen LogP contribution in [0.25, 0.3) is 0 Å². The number of hydrogen-bond donors (Lipinski definition) is 1. The van der Waals surface area contributed by atoms with Gasteiger partial charge in [-0.3, -0.25) is 0 Å². The van der Waals surface area contributed by atoms with Gasteiger partial charge in [-0.05, 0) is 25.5 Å². The first kappa shape index (κ1) is 15.6. The average molecular weight is 331 g/mol. The van der Waals surface area contributed by atoms with Crippen LogP contribution in [0.4, 0.5) is 0 Å². The van der Waals surface area contributed by atoms with Gasteiger partial charge < -0.3 is 5.73 Å². The fourth-order valence-electron chi connectivity index (χ4n) is 1.77. The zero-order chi connectivity index (χ0) is 14.9. The molecule has 0 saturated carbocycles. The number of hydrogen-bond acceptors (Lipinski definition) is 6. The third-order valence-corrected chi connectivity index (χ3v) is 7.23. The van der Waals surface area contributed by atoms with E-state index in [1.165, 1.54) is 27.0 Å². The highest BCUT2D eigenvalue weighted by Gasteiger charge is 2.24. The highest BCUT2D eigenvalue weighted by molar-refractivity contribution is 7.91. The van der Waals surface area contributed by atoms with Crippen molar-refractivity contribution in [1.29, 1.82) is 0 Å². The molecule has 2 rings (SSSR count). The molecule has 20 heavy (non-hydrogen) atoms. The van der Waals surface area contributed by atoms with E-state index in [9.17, 15) is 8.42 Å². The zero-order valence-electron chi connectivity index (χ0n) is 11.6. The normalized spacial score (nSPS) is 12.2. The number of nitrogens with two attached hydrogens (primary N) is 1. The molecule has 2 N–H and O–H groups in total. The molecule has 0 radical (unpaired) electrons. The van der Waals surface area contributed by atoms with E-state index in [0.717, 1.165) is 21.1 Å². The predicted molar refractivity (Wildman–Crippen MR) is 82.5 cm³/mol. The Morgan fingerprint density at radius 2 is 2.10 bits per heavy atom. The molecule has 0 aromatic carbocycles. The minimum atomic E-state index is -3.48. The number of rotatable bonds is 5. The summed E-state index contributed by atoms with van der Waals surface area (Å²) in [5, 5.41) is 2.81. The maximum Gasteiger partial charge on any atom is 0.252 e. The molecule has 0 aliphatic rings. The molecular formula is C12H17N3O2S3. The number of nitrogens with zero attached hydrogens (tertiary/aromatic N) is 2. The lowest BCUT2D eigenvalue weighted by atomic mass is 10.3. The van der Waals surface area contributed by atoms with Crippen LogP contribution in [0.15, 0.2) is 15.7 Å². The van der Waals surface area contributed by atoms with Crippen LogP contribution in [0, 0.1) is 13.8 Å². The first-order chi connectivity index (χ1) is 9.34. The lowest BCUT2D eigenvalue weighted by Crippen LogP contribution is -2.26. The highest BCUT2D eigenvalue weighted by atomic mass is 32.2. The summed E-state index contributed by atoms with van der Waals surface area (Å²) in [6.07, 6.45) is 0. The molecule has 5 nitrogen and oxygen atoms in total. The molecule has 0 fully saturated rings. The van der Waals surface area contributed by atoms with E-state index in [1.54, 1.807) is 13.1 Å². The Kier molecular flexibility index (Phi) is 4.60. The van der Waals surface area contributed by atoms with E-state index in [1.807, 2.05) is 19.2 Å². The molecule has 0 aliphatic carbocycles. The minimum Gasteiger partial charge on any atom is -0.326 e. The summed E-state index contributed by atoms with van der Waals surface area (Å²) in [5.74, 6) is 0. The van der Waals surface area contributed by atoms with E-state index in [4.69, 9.17) is 5.73 Å². The summed E-state index contributed by atoms with van der Waals surface area (Å²) in [4.78, 5) is 5.20. The van der Waals surface area contributed by atoms with Crippen molar-refractivity contribution in [2.24, 2.45) is 5.73 Å². The number of thiophene rings is 1. The largest absolute Gasteiger partial charge is 0.326 e. The topological polar surface area (TPSA) is 76.3 Å². The predicted octanol–water partition coefficient (Wildman–Crippen LogP) is 2.10. The molecule has 0 saturated heterocycles. The Balaban J connectivity index is 2.24. The monoisotopic (exact) mass is 331 g/mol. The van der Waals surface area contributed by atoms with Crippen molar-refractivity contribution in [3.63, 3.8) is 0 Å². The highest BCUT2D eigenvalue weighted by Crippen LogP contribution is 2.28. The first-order valence-electron chi connectivity index (χ1n) is 6.01. The summed E-state index contributed by atoms with van der Waals surface area (Å²) < 4.78 is 26.7. The molecule has 0 unspecified atom stereocenters. The third kappa shape index (κ3) is 3.09. The zero-order valence-corrected chi connectivity index (χ0v) is 14.0. The number of aromatic nitrogens is 1. The molecule has 110 valence electrons. The quantitative estimate of drug-likeness (QED) is 0.910. The van der Waals surface area contributed by atoms with Crippen LogP contribution in [0.2, 0.25) is 0 Å². The van der Waals surface area contributed by atoms with Crippen molar-refractivity contribution in [3.8, 4) is 0 Å². The summed E-state index contributed by atoms with van der Waals surface area (Å²) in [5.41, 5.74) is 7.30. The van der Waals surface area contributed by atoms with Crippen molar-refractivity contribution in [2.75, 3.05) is 7.05 Å². The molecular weight excluding hydrogens is 314 g/mol. The van der Waals surface area contributed by atoms with Crippen LogP contribution in [-0.2, 0) is 23.1 Å². The second-order valence-corrected chi connectivity index (χ2v) is 8.97. The summed E-state index contributed by atoms with van der Waals surface area (Å²) in [7, 11) is -1.91. The van der Waals surface area contributed by atoms with Gasteiger partial charge in [0.05, 0.1) is 17.2 Å². The standard InChI is InChI=1S/C12H17N3O2S3/c1-8-4-12(19-11(8)5-13)20(16,17)15(3)6-10-7-18-9(2)14-10/h4,7H,5-6,13H2,1-3H3. The van der Waals surface area contributed by atoms with E-state index in [0.29, 0.717) is 10.8 Å². The van der Waals surface area contributed by atoms with Crippen molar-refractivity contribution in [1.82, 2.24) is 9.29 Å². The number of aryl methyl sites for hydroxylation is 2. The van der Waals surface area contributed by atoms with E-state index in [-0.39, 0.29) is 6.54 Å². The summed E-state index contributed by atoms with van der Waals surface area (Å²) in [6.45, 7) is 4.42. The number of thiazole rings is 1. The van der Waals surface area contributed by atoms with E-state index in [2.05, 4.69) is 4.98 Å². The Morgan fingerprint density at radius 1 is 1.40 bits per heavy atom. The van der Waals surface area contributed by atoms with Crippen LogP contribution in [0.3, 0.4) is 0 Å². The second-order valence-electron chi connectivity index (χ2n) is 4.49. The number of sulfonamides is 1. The van der Waals surface area contributed by atoms with Crippen molar-refractivity contribution < 1.29 is 8.42 Å². The van der Waals surface area contributed by atoms with Crippen molar-refractivity contribution >= 4 is 32.7 Å². The maximum atomic E-state index is 12.5. The van der Waals surface area contributed by atoms with Crippen LogP contribution in [0.1, 0.15) is 21.1 Å². The fourth-order valence-corrected chi connectivity index (χ4v) is 5.19. The molecule has 0 amide bonds. The molecule has 0 bridgehead atoms. The minimum absolute atomic E-state index is 0.279. The molecule has 0 atom stereocenters. The Morgan fingerprint density at radius 3 is 2.60 bits per heavy atom.